The fourth-order valence-electron chi connectivity index (χ4n) is 3.54. The summed E-state index contributed by atoms with van der Waals surface area (Å²) in [7, 11) is 4.46. The number of hydrogen-bond donors (Lipinski definition) is 0. The lowest BCUT2D eigenvalue weighted by Gasteiger charge is -2.19. The first-order chi connectivity index (χ1) is 14.2. The zero-order valence-electron chi connectivity index (χ0n) is 15.5. The summed E-state index contributed by atoms with van der Waals surface area (Å²) in [5.74, 6) is 0. The Balaban J connectivity index is 1.41. The molecule has 0 nitrogen and oxygen atoms in total. The van der Waals surface area contributed by atoms with E-state index in [1.54, 1.807) is 24.5 Å². The molecule has 1 fully saturated rings. The smallest absolute Gasteiger partial charge is 0.0606 e. The minimum atomic E-state index is 0.243. The van der Waals surface area contributed by atoms with Gasteiger partial charge in [0.15, 0.2) is 0 Å². The second-order valence-electron chi connectivity index (χ2n) is 6.88. The monoisotopic (exact) mass is 600 g/mol. The van der Waals surface area contributed by atoms with Gasteiger partial charge in [-0.2, -0.15) is 0 Å². The van der Waals surface area contributed by atoms with Crippen LogP contribution in [-0.4, -0.2) is 4.86 Å². The molecule has 3 aliphatic rings. The van der Waals surface area contributed by atoms with Gasteiger partial charge in [0, 0.05) is 25.3 Å². The Labute approximate surface area is 207 Å². The van der Waals surface area contributed by atoms with Crippen LogP contribution in [0, 0.1) is 0 Å². The van der Waals surface area contributed by atoms with Gasteiger partial charge in [-0.05, 0) is 87.4 Å². The molecule has 0 saturated heterocycles. The summed E-state index contributed by atoms with van der Waals surface area (Å²) < 4.78 is 3.09. The Morgan fingerprint density at radius 2 is 1.31 bits per heavy atom. The van der Waals surface area contributed by atoms with Crippen molar-refractivity contribution < 1.29 is 0 Å². The molecule has 0 spiro atoms. The molecule has 2 aliphatic heterocycles. The van der Waals surface area contributed by atoms with Gasteiger partial charge in [0.2, 0.25) is 0 Å². The highest BCUT2D eigenvalue weighted by Crippen LogP contribution is 2.69. The molecule has 1 aliphatic carbocycles. The summed E-state index contributed by atoms with van der Waals surface area (Å²) in [6.45, 7) is 0. The number of halogens is 2. The van der Waals surface area contributed by atoms with Crippen LogP contribution < -0.4 is 0 Å². The first-order valence-corrected chi connectivity index (χ1v) is 17.1. The Morgan fingerprint density at radius 3 is 1.79 bits per heavy atom. The van der Waals surface area contributed by atoms with Crippen LogP contribution in [0.15, 0.2) is 77.9 Å². The van der Waals surface area contributed by atoms with Crippen LogP contribution in [0.1, 0.15) is 30.4 Å². The van der Waals surface area contributed by atoms with Crippen LogP contribution in [0.2, 0.25) is 0 Å². The molecule has 0 aromatic heterocycles. The Kier molecular flexibility index (Phi) is 7.03. The Hall–Kier alpha value is 0.500. The molecule has 7 heteroatoms. The third kappa shape index (κ3) is 4.53. The zero-order chi connectivity index (χ0) is 19.8. The summed E-state index contributed by atoms with van der Waals surface area (Å²) in [5, 5.41) is 1.84. The highest BCUT2D eigenvalue weighted by Gasteiger charge is 2.37. The maximum absolute atomic E-state index is 3.59. The van der Waals surface area contributed by atoms with Crippen molar-refractivity contribution in [2.75, 3.05) is 0 Å². The fraction of sp³-hybridized carbons (Fsp3) is 0.227. The van der Waals surface area contributed by atoms with Crippen molar-refractivity contribution in [3.63, 3.8) is 0 Å². The summed E-state index contributed by atoms with van der Waals surface area (Å²) in [5.41, 5.74) is 5.99. The van der Waals surface area contributed by atoms with E-state index in [0.29, 0.717) is 0 Å². The lowest BCUT2D eigenvalue weighted by Crippen LogP contribution is -2.10. The third-order valence-corrected chi connectivity index (χ3v) is 15.7. The van der Waals surface area contributed by atoms with Gasteiger partial charge in [-0.15, -0.1) is 0 Å². The Morgan fingerprint density at radius 1 is 0.793 bits per heavy atom. The van der Waals surface area contributed by atoms with Crippen LogP contribution >= 0.6 is 85.5 Å². The summed E-state index contributed by atoms with van der Waals surface area (Å²) in [6.07, 6.45) is 3.77. The van der Waals surface area contributed by atoms with Gasteiger partial charge in [-0.1, -0.05) is 88.2 Å². The van der Waals surface area contributed by atoms with E-state index in [0.717, 1.165) is 10.7 Å². The van der Waals surface area contributed by atoms with E-state index < -0.39 is 0 Å². The predicted molar refractivity (Wildman–Crippen MR) is 146 cm³/mol. The molecule has 0 atom stereocenters. The third-order valence-electron chi connectivity index (χ3n) is 4.89. The standard InChI is InChI=1S/C22H18Br2S5/c23-12-14-4-1-6-16(10-14)25-21-18-8-3-9-19-20(18)29(27-21)28-22(19)26-17-7-2-5-15(11-17)13-24/h1-2,4-7,10-11H,3,8-9,12-13H2. The first-order valence-electron chi connectivity index (χ1n) is 9.35. The van der Waals surface area contributed by atoms with Crippen LogP contribution in [0.4, 0.5) is 0 Å². The highest BCUT2D eigenvalue weighted by atomic mass is 79.9. The molecule has 2 heterocycles. The zero-order valence-corrected chi connectivity index (χ0v) is 22.7. The molecule has 2 aromatic rings. The van der Waals surface area contributed by atoms with Crippen molar-refractivity contribution in [2.45, 2.75) is 39.7 Å². The van der Waals surface area contributed by atoms with Gasteiger partial charge in [0.25, 0.3) is 0 Å². The molecule has 0 bridgehead atoms. The normalized spacial score (nSPS) is 18.8. The second-order valence-corrected chi connectivity index (χ2v) is 16.3. The number of benzene rings is 2. The van der Waals surface area contributed by atoms with Crippen LogP contribution in [-0.2, 0) is 10.7 Å². The number of alkyl halides is 2. The van der Waals surface area contributed by atoms with E-state index in [1.807, 2.05) is 23.5 Å². The number of rotatable bonds is 6. The van der Waals surface area contributed by atoms with E-state index in [2.05, 4.69) is 102 Å². The average Bonchev–Trinajstić information content (AvgIpc) is 3.28. The van der Waals surface area contributed by atoms with E-state index in [1.165, 1.54) is 40.2 Å². The van der Waals surface area contributed by atoms with Gasteiger partial charge in [0.05, 0.1) is 8.47 Å². The molecule has 1 saturated carbocycles. The van der Waals surface area contributed by atoms with Crippen molar-refractivity contribution in [2.24, 2.45) is 0 Å². The van der Waals surface area contributed by atoms with Gasteiger partial charge in [-0.3, -0.25) is 0 Å². The van der Waals surface area contributed by atoms with E-state index >= 15 is 0 Å². The molecule has 150 valence electrons. The van der Waals surface area contributed by atoms with Gasteiger partial charge in [0.1, 0.15) is 0 Å². The van der Waals surface area contributed by atoms with Gasteiger partial charge < -0.3 is 0 Å². The lowest BCUT2D eigenvalue weighted by atomic mass is 9.92. The number of hydrogen-bond acceptors (Lipinski definition) is 4. The van der Waals surface area contributed by atoms with Crippen LogP contribution in [0.25, 0.3) is 0 Å². The fourth-order valence-corrected chi connectivity index (χ4v) is 16.4. The summed E-state index contributed by atoms with van der Waals surface area (Å²) in [4.78, 5) is 4.42. The van der Waals surface area contributed by atoms with Crippen LogP contribution in [0.3, 0.4) is 0 Å². The molecule has 0 unspecified atom stereocenters. The lowest BCUT2D eigenvalue weighted by molar-refractivity contribution is 0.818. The molecule has 0 N–H and O–H groups in total. The minimum absolute atomic E-state index is 0.243. The second kappa shape index (κ2) is 9.55. The number of allylic oxidation sites excluding steroid dienone is 2. The molecule has 5 rings (SSSR count). The molecule has 29 heavy (non-hydrogen) atoms. The maximum atomic E-state index is 3.59. The molecule has 2 aromatic carbocycles. The SMILES string of the molecule is BrCc1cccc(SC2=C3CCCC4=C(Sc5cccc(CBr)c5)SS(=C34)S2)c1. The average molecular weight is 603 g/mol. The van der Waals surface area contributed by atoms with E-state index in [-0.39, 0.29) is 8.55 Å². The van der Waals surface area contributed by atoms with Crippen molar-refractivity contribution >= 4 is 90.4 Å². The maximum Gasteiger partial charge on any atom is 0.0606 e. The van der Waals surface area contributed by atoms with E-state index in [4.69, 9.17) is 0 Å². The van der Waals surface area contributed by atoms with Crippen molar-refractivity contribution in [1.82, 2.24) is 0 Å². The largest absolute Gasteiger partial charge is 0.0876 e. The molecular formula is C22H18Br2S5. The van der Waals surface area contributed by atoms with Crippen molar-refractivity contribution in [3.8, 4) is 0 Å². The number of thioether (sulfide) groups is 2. The summed E-state index contributed by atoms with van der Waals surface area (Å²) >= 11 is 11.1. The molecule has 0 amide bonds. The van der Waals surface area contributed by atoms with Crippen molar-refractivity contribution in [3.05, 3.63) is 79.3 Å². The first kappa shape index (κ1) is 21.4. The molecular weight excluding hydrogens is 584 g/mol. The van der Waals surface area contributed by atoms with Crippen LogP contribution in [0.5, 0.6) is 0 Å². The minimum Gasteiger partial charge on any atom is -0.0876 e. The van der Waals surface area contributed by atoms with Crippen molar-refractivity contribution in [1.29, 1.82) is 0 Å². The topological polar surface area (TPSA) is 0 Å². The summed E-state index contributed by atoms with van der Waals surface area (Å²) in [6, 6.07) is 17.9. The van der Waals surface area contributed by atoms with E-state index in [9.17, 15) is 0 Å². The van der Waals surface area contributed by atoms with Gasteiger partial charge in [-0.25, -0.2) is 0 Å². The predicted octanol–water partition coefficient (Wildman–Crippen LogP) is 9.73. The van der Waals surface area contributed by atoms with Gasteiger partial charge >= 0.3 is 0 Å². The quantitative estimate of drug-likeness (QED) is 0.183. The Bertz CT molecular complexity index is 989. The highest BCUT2D eigenvalue weighted by molar-refractivity contribution is 9.18. The molecule has 0 radical (unpaired) electrons.